The highest BCUT2D eigenvalue weighted by molar-refractivity contribution is 6.34. The summed E-state index contributed by atoms with van der Waals surface area (Å²) in [6.07, 6.45) is 0.583. The third kappa shape index (κ3) is 4.85. The molecule has 2 N–H and O–H groups in total. The number of hydrogen-bond acceptors (Lipinski definition) is 5. The molecule has 0 amide bonds. The molecule has 0 aliphatic carbocycles. The number of nitrogens with one attached hydrogen (secondary N) is 1. The van der Waals surface area contributed by atoms with Gasteiger partial charge in [-0.05, 0) is 60.2 Å². The van der Waals surface area contributed by atoms with Gasteiger partial charge in [-0.25, -0.2) is 4.79 Å². The fourth-order valence-corrected chi connectivity index (χ4v) is 3.80. The molecule has 4 aromatic rings. The van der Waals surface area contributed by atoms with Crippen molar-refractivity contribution in [1.29, 1.82) is 0 Å². The minimum atomic E-state index is -1.12. The molecule has 9 heteroatoms. The zero-order valence-electron chi connectivity index (χ0n) is 16.5. The Kier molecular flexibility index (Phi) is 6.30. The first kappa shape index (κ1) is 21.7. The smallest absolute Gasteiger partial charge is 0.336 e. The van der Waals surface area contributed by atoms with Crippen LogP contribution in [0.1, 0.15) is 21.5 Å². The third-order valence-electron chi connectivity index (χ3n) is 4.62. The zero-order valence-corrected chi connectivity index (χ0v) is 18.0. The maximum atomic E-state index is 11.4. The Bertz CT molecular complexity index is 1280. The predicted molar refractivity (Wildman–Crippen MR) is 120 cm³/mol. The Morgan fingerprint density at radius 3 is 2.38 bits per heavy atom. The highest BCUT2D eigenvalue weighted by atomic mass is 35.5. The number of benzene rings is 3. The molecule has 0 saturated carbocycles. The molecule has 7 nitrogen and oxygen atoms in total. The first-order valence-electron chi connectivity index (χ1n) is 9.47. The van der Waals surface area contributed by atoms with Gasteiger partial charge in [-0.15, -0.1) is 0 Å². The van der Waals surface area contributed by atoms with Crippen molar-refractivity contribution in [3.63, 3.8) is 0 Å². The zero-order chi connectivity index (χ0) is 22.7. The number of hydrogen-bond donors (Lipinski definition) is 2. The van der Waals surface area contributed by atoms with Crippen LogP contribution >= 0.6 is 23.2 Å². The minimum Gasteiger partial charge on any atom is -0.489 e. The van der Waals surface area contributed by atoms with Gasteiger partial charge in [-0.3, -0.25) is 0 Å². The van der Waals surface area contributed by atoms with E-state index >= 15 is 0 Å². The number of ether oxygens (including phenoxy) is 2. The molecule has 162 valence electrons. The van der Waals surface area contributed by atoms with E-state index in [1.54, 1.807) is 48.5 Å². The van der Waals surface area contributed by atoms with E-state index in [1.165, 1.54) is 6.07 Å². The molecule has 3 aromatic carbocycles. The number of fused-ring (bicyclic) bond motifs is 1. The second kappa shape index (κ2) is 9.30. The van der Waals surface area contributed by atoms with Crippen LogP contribution in [0.25, 0.3) is 11.0 Å². The standard InChI is InChI=1S/C23H16Cl2N2O5/c24-14-9-13(10-15(25)11-14)12-31-16-1-3-17(4-2-16)32-23-26-20-6-5-19(22(29)30)18(7-8-28)21(20)27-23/h1-6,8-11H,7,12H2,(H,26,27)(H,29,30). The van der Waals surface area contributed by atoms with E-state index in [1.807, 2.05) is 0 Å². The van der Waals surface area contributed by atoms with E-state index in [0.717, 1.165) is 5.56 Å². The van der Waals surface area contributed by atoms with Crippen molar-refractivity contribution < 1.29 is 24.2 Å². The number of rotatable bonds is 8. The Balaban J connectivity index is 1.48. The Labute approximate surface area is 192 Å². The van der Waals surface area contributed by atoms with E-state index in [9.17, 15) is 14.7 Å². The highest BCUT2D eigenvalue weighted by Gasteiger charge is 2.17. The number of halogens is 2. The topological polar surface area (TPSA) is 102 Å². The SMILES string of the molecule is O=CCc1c(C(=O)O)ccc2[nH]c(Oc3ccc(OCc4cc(Cl)cc(Cl)c4)cc3)nc12. The van der Waals surface area contributed by atoms with Crippen molar-refractivity contribution >= 4 is 46.5 Å². The number of carboxylic acid groups (broad SMARTS) is 1. The molecule has 0 spiro atoms. The summed E-state index contributed by atoms with van der Waals surface area (Å²) in [6.45, 7) is 0.301. The summed E-state index contributed by atoms with van der Waals surface area (Å²) >= 11 is 12.0. The maximum absolute atomic E-state index is 11.4. The molecule has 0 aliphatic rings. The van der Waals surface area contributed by atoms with Gasteiger partial charge in [0.1, 0.15) is 24.4 Å². The van der Waals surface area contributed by atoms with Gasteiger partial charge in [-0.2, -0.15) is 4.98 Å². The average Bonchev–Trinajstić information content (AvgIpc) is 3.16. The molecule has 0 fully saturated rings. The van der Waals surface area contributed by atoms with Crippen molar-refractivity contribution in [1.82, 2.24) is 9.97 Å². The van der Waals surface area contributed by atoms with Crippen molar-refractivity contribution in [2.24, 2.45) is 0 Å². The normalized spacial score (nSPS) is 10.8. The second-order valence-corrected chi connectivity index (χ2v) is 7.72. The fraction of sp³-hybridized carbons (Fsp3) is 0.0870. The molecule has 0 aliphatic heterocycles. The summed E-state index contributed by atoms with van der Waals surface area (Å²) in [7, 11) is 0. The molecule has 0 bridgehead atoms. The molecular weight excluding hydrogens is 455 g/mol. The summed E-state index contributed by atoms with van der Waals surface area (Å²) in [5.41, 5.74) is 2.16. The van der Waals surface area contributed by atoms with Crippen LogP contribution in [0.2, 0.25) is 10.0 Å². The van der Waals surface area contributed by atoms with E-state index in [4.69, 9.17) is 32.7 Å². The molecular formula is C23H16Cl2N2O5. The number of carboxylic acids is 1. The van der Waals surface area contributed by atoms with Crippen LogP contribution in [0.4, 0.5) is 0 Å². The van der Waals surface area contributed by atoms with E-state index < -0.39 is 5.97 Å². The number of aromatic amines is 1. The van der Waals surface area contributed by atoms with Crippen LogP contribution in [0.5, 0.6) is 17.5 Å². The lowest BCUT2D eigenvalue weighted by Gasteiger charge is -2.08. The quantitative estimate of drug-likeness (QED) is 0.321. The van der Waals surface area contributed by atoms with Crippen LogP contribution in [0.3, 0.4) is 0 Å². The van der Waals surface area contributed by atoms with Gasteiger partial charge < -0.3 is 24.4 Å². The first-order chi connectivity index (χ1) is 15.4. The van der Waals surface area contributed by atoms with Crippen molar-refractivity contribution in [3.8, 4) is 17.5 Å². The molecule has 32 heavy (non-hydrogen) atoms. The molecule has 0 atom stereocenters. The summed E-state index contributed by atoms with van der Waals surface area (Å²) in [5.74, 6) is -0.000114. The molecule has 1 heterocycles. The van der Waals surface area contributed by atoms with Gasteiger partial charge in [0.15, 0.2) is 0 Å². The lowest BCUT2D eigenvalue weighted by atomic mass is 10.0. The van der Waals surface area contributed by atoms with Crippen LogP contribution in [0, 0.1) is 0 Å². The first-order valence-corrected chi connectivity index (χ1v) is 10.2. The highest BCUT2D eigenvalue weighted by Crippen LogP contribution is 2.28. The van der Waals surface area contributed by atoms with E-state index in [2.05, 4.69) is 9.97 Å². The minimum absolute atomic E-state index is 0.0325. The van der Waals surface area contributed by atoms with Gasteiger partial charge in [0.2, 0.25) is 0 Å². The molecule has 1 aromatic heterocycles. The molecule has 0 unspecified atom stereocenters. The number of carbonyl (C=O) groups excluding carboxylic acids is 1. The van der Waals surface area contributed by atoms with Crippen molar-refractivity contribution in [2.75, 3.05) is 0 Å². The summed E-state index contributed by atoms with van der Waals surface area (Å²) in [6, 6.07) is 15.3. The summed E-state index contributed by atoms with van der Waals surface area (Å²) in [4.78, 5) is 29.8. The average molecular weight is 471 g/mol. The van der Waals surface area contributed by atoms with Gasteiger partial charge in [-0.1, -0.05) is 23.2 Å². The number of carbonyl (C=O) groups is 2. The van der Waals surface area contributed by atoms with Crippen LogP contribution < -0.4 is 9.47 Å². The van der Waals surface area contributed by atoms with E-state index in [0.29, 0.717) is 51.0 Å². The number of aromatic nitrogens is 2. The van der Waals surface area contributed by atoms with Gasteiger partial charge >= 0.3 is 5.97 Å². The lowest BCUT2D eigenvalue weighted by molar-refractivity contribution is -0.107. The Morgan fingerprint density at radius 2 is 1.72 bits per heavy atom. The predicted octanol–water partition coefficient (Wildman–Crippen LogP) is 5.68. The van der Waals surface area contributed by atoms with Crippen LogP contribution in [-0.2, 0) is 17.8 Å². The monoisotopic (exact) mass is 470 g/mol. The van der Waals surface area contributed by atoms with Gasteiger partial charge in [0.25, 0.3) is 6.01 Å². The Hall–Kier alpha value is -3.55. The van der Waals surface area contributed by atoms with Crippen molar-refractivity contribution in [2.45, 2.75) is 13.0 Å². The number of H-pyrrole nitrogens is 1. The number of nitrogens with zero attached hydrogens (tertiary/aromatic N) is 1. The lowest BCUT2D eigenvalue weighted by Crippen LogP contribution is -2.03. The summed E-state index contributed by atoms with van der Waals surface area (Å²) in [5, 5.41) is 10.4. The fourth-order valence-electron chi connectivity index (χ4n) is 3.22. The molecule has 0 saturated heterocycles. The molecule has 4 rings (SSSR count). The number of imidazole rings is 1. The van der Waals surface area contributed by atoms with Gasteiger partial charge in [0.05, 0.1) is 16.6 Å². The second-order valence-electron chi connectivity index (χ2n) is 6.85. The van der Waals surface area contributed by atoms with Crippen molar-refractivity contribution in [3.05, 3.63) is 81.3 Å². The largest absolute Gasteiger partial charge is 0.489 e. The Morgan fingerprint density at radius 1 is 1.03 bits per heavy atom. The van der Waals surface area contributed by atoms with Crippen LogP contribution in [0.15, 0.2) is 54.6 Å². The number of aldehydes is 1. The van der Waals surface area contributed by atoms with Crippen LogP contribution in [-0.4, -0.2) is 27.3 Å². The third-order valence-corrected chi connectivity index (χ3v) is 5.06. The van der Waals surface area contributed by atoms with E-state index in [-0.39, 0.29) is 18.0 Å². The maximum Gasteiger partial charge on any atom is 0.336 e. The molecule has 0 radical (unpaired) electrons. The number of aromatic carboxylic acids is 1. The summed E-state index contributed by atoms with van der Waals surface area (Å²) < 4.78 is 11.5. The van der Waals surface area contributed by atoms with Gasteiger partial charge in [0, 0.05) is 22.0 Å².